The molecule has 0 fully saturated rings. The molecule has 0 saturated heterocycles. The molecule has 0 radical (unpaired) electrons. The molecule has 1 heteroatoms. The quantitative estimate of drug-likeness (QED) is 0.152. The molecule has 0 aliphatic heterocycles. The Balaban J connectivity index is 1.03. The van der Waals surface area contributed by atoms with E-state index in [0.29, 0.717) is 0 Å². The van der Waals surface area contributed by atoms with Gasteiger partial charge in [0.05, 0.1) is 5.69 Å². The highest BCUT2D eigenvalue weighted by molar-refractivity contribution is 6.25. The van der Waals surface area contributed by atoms with E-state index < -0.39 is 0 Å². The van der Waals surface area contributed by atoms with Crippen molar-refractivity contribution in [2.75, 3.05) is 4.90 Å². The van der Waals surface area contributed by atoms with Crippen molar-refractivity contribution in [3.05, 3.63) is 236 Å². The zero-order chi connectivity index (χ0) is 41.4. The number of fused-ring (bicyclic) bond motifs is 10. The molecule has 1 aliphatic carbocycles. The van der Waals surface area contributed by atoms with Gasteiger partial charge in [0.2, 0.25) is 0 Å². The van der Waals surface area contributed by atoms with Gasteiger partial charge in [-0.1, -0.05) is 196 Å². The minimum atomic E-state index is -0.218. The average Bonchev–Trinajstić information content (AvgIpc) is 3.56. The first-order valence-electron chi connectivity index (χ1n) is 21.7. The molecule has 0 spiro atoms. The maximum atomic E-state index is 2.49. The number of rotatable bonds is 6. The Bertz CT molecular complexity index is 3510. The number of nitrogens with zero attached hydrogens (tertiary/aromatic N) is 1. The fourth-order valence-corrected chi connectivity index (χ4v) is 10.3. The van der Waals surface area contributed by atoms with E-state index in [1.54, 1.807) is 0 Å². The predicted molar refractivity (Wildman–Crippen MR) is 265 cm³/mol. The minimum absolute atomic E-state index is 0.218. The molecule has 62 heavy (non-hydrogen) atoms. The van der Waals surface area contributed by atoms with Gasteiger partial charge in [-0.3, -0.25) is 0 Å². The van der Waals surface area contributed by atoms with Crippen LogP contribution in [0.2, 0.25) is 0 Å². The van der Waals surface area contributed by atoms with Crippen LogP contribution in [0.25, 0.3) is 87.6 Å². The van der Waals surface area contributed by atoms with E-state index in [2.05, 4.69) is 243 Å². The number of anilines is 3. The molecule has 11 aromatic carbocycles. The van der Waals surface area contributed by atoms with Crippen LogP contribution < -0.4 is 4.90 Å². The molecule has 292 valence electrons. The Kier molecular flexibility index (Phi) is 8.27. The van der Waals surface area contributed by atoms with E-state index in [1.807, 2.05) is 0 Å². The summed E-state index contributed by atoms with van der Waals surface area (Å²) in [5.41, 5.74) is 15.8. The molecule has 0 unspecified atom stereocenters. The third kappa shape index (κ3) is 5.77. The predicted octanol–water partition coefficient (Wildman–Crippen LogP) is 17.1. The van der Waals surface area contributed by atoms with Gasteiger partial charge >= 0.3 is 0 Å². The number of benzene rings is 11. The second-order valence-corrected chi connectivity index (χ2v) is 17.3. The van der Waals surface area contributed by atoms with E-state index in [4.69, 9.17) is 0 Å². The van der Waals surface area contributed by atoms with Crippen LogP contribution in [0.5, 0.6) is 0 Å². The maximum absolute atomic E-state index is 2.49. The van der Waals surface area contributed by atoms with Crippen molar-refractivity contribution in [1.82, 2.24) is 0 Å². The van der Waals surface area contributed by atoms with Gasteiger partial charge in [-0.2, -0.15) is 0 Å². The largest absolute Gasteiger partial charge is 0.310 e. The first-order chi connectivity index (χ1) is 30.5. The number of para-hydroxylation sites is 1. The molecule has 0 aromatic heterocycles. The van der Waals surface area contributed by atoms with Crippen LogP contribution in [-0.2, 0) is 5.41 Å². The van der Waals surface area contributed by atoms with Crippen molar-refractivity contribution in [3.63, 3.8) is 0 Å². The number of hydrogen-bond acceptors (Lipinski definition) is 1. The van der Waals surface area contributed by atoms with Crippen molar-refractivity contribution in [2.45, 2.75) is 19.3 Å². The molecule has 0 N–H and O–H groups in total. The molecule has 0 atom stereocenters. The molecular weight excluding hydrogens is 747 g/mol. The van der Waals surface area contributed by atoms with Crippen molar-refractivity contribution in [1.29, 1.82) is 0 Å². The van der Waals surface area contributed by atoms with E-state index in [1.165, 1.54) is 98.7 Å². The molecular formula is C61H43N. The highest BCUT2D eigenvalue weighted by Gasteiger charge is 2.36. The van der Waals surface area contributed by atoms with Gasteiger partial charge < -0.3 is 4.90 Å². The van der Waals surface area contributed by atoms with E-state index >= 15 is 0 Å². The molecule has 1 nitrogen and oxygen atoms in total. The minimum Gasteiger partial charge on any atom is -0.310 e. The van der Waals surface area contributed by atoms with Gasteiger partial charge in [0.1, 0.15) is 0 Å². The highest BCUT2D eigenvalue weighted by atomic mass is 15.1. The van der Waals surface area contributed by atoms with Crippen molar-refractivity contribution >= 4 is 60.2 Å². The lowest BCUT2D eigenvalue weighted by Crippen LogP contribution is -2.17. The van der Waals surface area contributed by atoms with Crippen LogP contribution in [0.15, 0.2) is 224 Å². The van der Waals surface area contributed by atoms with Gasteiger partial charge in [-0.05, 0) is 136 Å². The Hall–Kier alpha value is -7.74. The lowest BCUT2D eigenvalue weighted by Gasteiger charge is -2.30. The summed E-state index contributed by atoms with van der Waals surface area (Å²) in [4.78, 5) is 2.49. The first-order valence-corrected chi connectivity index (χ1v) is 21.7. The average molecular weight is 790 g/mol. The molecule has 11 aromatic rings. The van der Waals surface area contributed by atoms with Crippen molar-refractivity contribution < 1.29 is 0 Å². The number of hydrogen-bond donors (Lipinski definition) is 0. The summed E-state index contributed by atoms with van der Waals surface area (Å²) >= 11 is 0. The Morgan fingerprint density at radius 1 is 0.290 bits per heavy atom. The zero-order valence-electron chi connectivity index (χ0n) is 34.8. The van der Waals surface area contributed by atoms with E-state index in [0.717, 1.165) is 17.1 Å². The third-order valence-corrected chi connectivity index (χ3v) is 13.4. The maximum Gasteiger partial charge on any atom is 0.0540 e. The topological polar surface area (TPSA) is 3.24 Å². The molecule has 1 aliphatic rings. The van der Waals surface area contributed by atoms with Crippen LogP contribution in [0.1, 0.15) is 25.0 Å². The van der Waals surface area contributed by atoms with Gasteiger partial charge in [-0.25, -0.2) is 0 Å². The lowest BCUT2D eigenvalue weighted by atomic mass is 9.81. The van der Waals surface area contributed by atoms with Gasteiger partial charge in [0, 0.05) is 22.4 Å². The SMILES string of the molecule is CC1(C)c2cc(-c3ccc4ccccc4c3)ccc2-c2ccc(N(c3ccc4c5ccccc5c5ccccc5c4c3)c3ccccc3-c3ccc(-c4ccccc4)cc3)cc21. The molecule has 0 amide bonds. The van der Waals surface area contributed by atoms with Gasteiger partial charge in [-0.15, -0.1) is 0 Å². The molecule has 0 saturated carbocycles. The summed E-state index contributed by atoms with van der Waals surface area (Å²) in [6.45, 7) is 4.79. The Morgan fingerprint density at radius 3 is 1.52 bits per heavy atom. The first kappa shape index (κ1) is 36.1. The fraction of sp³-hybridized carbons (Fsp3) is 0.0492. The van der Waals surface area contributed by atoms with Crippen LogP contribution in [0.3, 0.4) is 0 Å². The third-order valence-electron chi connectivity index (χ3n) is 13.4. The van der Waals surface area contributed by atoms with Crippen LogP contribution in [0, 0.1) is 0 Å². The van der Waals surface area contributed by atoms with E-state index in [9.17, 15) is 0 Å². The highest BCUT2D eigenvalue weighted by Crippen LogP contribution is 2.52. The van der Waals surface area contributed by atoms with Crippen molar-refractivity contribution in [3.8, 4) is 44.5 Å². The molecule has 0 bridgehead atoms. The Labute approximate surface area is 362 Å². The molecule has 12 rings (SSSR count). The smallest absolute Gasteiger partial charge is 0.0540 e. The summed E-state index contributed by atoms with van der Waals surface area (Å²) in [5.74, 6) is 0. The summed E-state index contributed by atoms with van der Waals surface area (Å²) in [6.07, 6.45) is 0. The lowest BCUT2D eigenvalue weighted by molar-refractivity contribution is 0.660. The standard InChI is InChI=1S/C61H43N/c1-61(2)58-37-46(45-29-26-41-16-6-7-17-44(41)36-45)30-33-55(58)56-35-32-48(39-59(56)61)62(60-23-13-12-18-49(60)43-27-24-42(25-28-43)40-14-4-3-5-15-40)47-31-34-54-52-21-9-8-19-50(52)51-20-10-11-22-53(51)57(54)38-47/h3-39H,1-2H3. The van der Waals surface area contributed by atoms with Gasteiger partial charge in [0.15, 0.2) is 0 Å². The van der Waals surface area contributed by atoms with E-state index in [-0.39, 0.29) is 5.41 Å². The summed E-state index contributed by atoms with van der Waals surface area (Å²) in [5, 5.41) is 10.1. The fourth-order valence-electron chi connectivity index (χ4n) is 10.3. The van der Waals surface area contributed by atoms with Gasteiger partial charge in [0.25, 0.3) is 0 Å². The van der Waals surface area contributed by atoms with Crippen molar-refractivity contribution in [2.24, 2.45) is 0 Å². The zero-order valence-corrected chi connectivity index (χ0v) is 34.8. The summed E-state index contributed by atoms with van der Waals surface area (Å²) in [7, 11) is 0. The molecule has 0 heterocycles. The second-order valence-electron chi connectivity index (χ2n) is 17.3. The second kappa shape index (κ2) is 14.2. The Morgan fingerprint density at radius 2 is 0.774 bits per heavy atom. The normalized spacial score (nSPS) is 12.8. The monoisotopic (exact) mass is 789 g/mol. The summed E-state index contributed by atoms with van der Waals surface area (Å²) < 4.78 is 0. The summed E-state index contributed by atoms with van der Waals surface area (Å²) in [6, 6.07) is 83.0. The van der Waals surface area contributed by atoms with Crippen LogP contribution in [0.4, 0.5) is 17.1 Å². The van der Waals surface area contributed by atoms with Crippen LogP contribution in [-0.4, -0.2) is 0 Å². The van der Waals surface area contributed by atoms with Crippen LogP contribution >= 0.6 is 0 Å².